The van der Waals surface area contributed by atoms with Crippen LogP contribution in [0.2, 0.25) is 0 Å². The zero-order valence-corrected chi connectivity index (χ0v) is 16.9. The molecule has 0 aliphatic carbocycles. The van der Waals surface area contributed by atoms with Crippen LogP contribution in [-0.2, 0) is 4.74 Å². The predicted molar refractivity (Wildman–Crippen MR) is 113 cm³/mol. The Hall–Kier alpha value is -3.38. The number of fused-ring (bicyclic) bond motifs is 1. The van der Waals surface area contributed by atoms with Gasteiger partial charge in [0.25, 0.3) is 0 Å². The lowest BCUT2D eigenvalue weighted by Crippen LogP contribution is -2.07. The van der Waals surface area contributed by atoms with E-state index in [1.54, 1.807) is 31.2 Å². The molecule has 0 N–H and O–H groups in total. The van der Waals surface area contributed by atoms with E-state index in [0.717, 1.165) is 16.9 Å². The largest absolute Gasteiger partial charge is 0.462 e. The number of hydrogen-bond donors (Lipinski definition) is 0. The predicted octanol–water partition coefficient (Wildman–Crippen LogP) is 5.40. The highest BCUT2D eigenvalue weighted by Gasteiger charge is 2.23. The van der Waals surface area contributed by atoms with Crippen LogP contribution < -0.4 is 4.74 Å². The Labute approximate surface area is 172 Å². The average Bonchev–Trinajstić information content (AvgIpc) is 3.34. The van der Waals surface area contributed by atoms with Crippen molar-refractivity contribution in [3.63, 3.8) is 0 Å². The lowest BCUT2D eigenvalue weighted by Gasteiger charge is -2.09. The molecule has 0 amide bonds. The van der Waals surface area contributed by atoms with Crippen molar-refractivity contribution in [2.75, 3.05) is 6.61 Å². The molecule has 0 spiro atoms. The van der Waals surface area contributed by atoms with Gasteiger partial charge in [-0.1, -0.05) is 24.3 Å². The van der Waals surface area contributed by atoms with Crippen molar-refractivity contribution < 1.29 is 19.1 Å². The molecular weight excluding hydrogens is 386 g/mol. The van der Waals surface area contributed by atoms with Gasteiger partial charge in [0.2, 0.25) is 0 Å². The normalized spacial score (nSPS) is 10.8. The summed E-state index contributed by atoms with van der Waals surface area (Å²) in [4.78, 5) is 25.5. The van der Waals surface area contributed by atoms with E-state index in [1.165, 1.54) is 11.3 Å². The van der Waals surface area contributed by atoms with Crippen LogP contribution in [0, 0.1) is 6.92 Å². The second-order valence-corrected chi connectivity index (χ2v) is 7.35. The number of para-hydroxylation sites is 1. The number of carbonyl (C=O) groups is 2. The van der Waals surface area contributed by atoms with Crippen molar-refractivity contribution in [3.05, 3.63) is 82.2 Å². The number of esters is 2. The SMILES string of the molecule is CCOC(=O)c1c(C)n(-c2ccccc2)c2ccc(OC(=O)c3cccs3)cc12. The summed E-state index contributed by atoms with van der Waals surface area (Å²) < 4.78 is 12.8. The van der Waals surface area contributed by atoms with Gasteiger partial charge in [-0.2, -0.15) is 0 Å². The molecule has 0 aliphatic heterocycles. The molecule has 4 rings (SSSR count). The third-order valence-corrected chi connectivity index (χ3v) is 5.45. The fourth-order valence-corrected chi connectivity index (χ4v) is 3.98. The van der Waals surface area contributed by atoms with Gasteiger partial charge in [-0.25, -0.2) is 9.59 Å². The lowest BCUT2D eigenvalue weighted by atomic mass is 10.1. The highest BCUT2D eigenvalue weighted by atomic mass is 32.1. The Morgan fingerprint density at radius 3 is 2.48 bits per heavy atom. The van der Waals surface area contributed by atoms with E-state index < -0.39 is 11.9 Å². The summed E-state index contributed by atoms with van der Waals surface area (Å²) in [5.74, 6) is -0.436. The van der Waals surface area contributed by atoms with Crippen LogP contribution in [0.15, 0.2) is 66.0 Å². The second-order valence-electron chi connectivity index (χ2n) is 6.40. The van der Waals surface area contributed by atoms with Crippen molar-refractivity contribution in [2.24, 2.45) is 0 Å². The molecule has 0 aliphatic rings. The Morgan fingerprint density at radius 2 is 1.79 bits per heavy atom. The van der Waals surface area contributed by atoms with Crippen LogP contribution >= 0.6 is 11.3 Å². The summed E-state index contributed by atoms with van der Waals surface area (Å²) in [5, 5.41) is 2.50. The molecule has 0 fully saturated rings. The van der Waals surface area contributed by atoms with Crippen LogP contribution in [0.3, 0.4) is 0 Å². The molecular formula is C23H19NO4S. The summed E-state index contributed by atoms with van der Waals surface area (Å²) in [6.45, 7) is 3.94. The quantitative estimate of drug-likeness (QED) is 0.330. The molecule has 5 nitrogen and oxygen atoms in total. The standard InChI is InChI=1S/C23H19NO4S/c1-3-27-23(26)21-15(2)24(16-8-5-4-6-9-16)19-12-11-17(14-18(19)21)28-22(25)20-10-7-13-29-20/h4-14H,3H2,1-2H3. The van der Waals surface area contributed by atoms with Crippen molar-refractivity contribution in [1.29, 1.82) is 0 Å². The molecule has 2 aromatic carbocycles. The van der Waals surface area contributed by atoms with Crippen LogP contribution in [0.5, 0.6) is 5.75 Å². The minimum atomic E-state index is -0.420. The van der Waals surface area contributed by atoms with Crippen LogP contribution in [0.1, 0.15) is 32.6 Å². The van der Waals surface area contributed by atoms with E-state index in [1.807, 2.05) is 53.3 Å². The van der Waals surface area contributed by atoms with Gasteiger partial charge in [0.05, 0.1) is 17.7 Å². The maximum absolute atomic E-state index is 12.7. The zero-order chi connectivity index (χ0) is 20.4. The fourth-order valence-electron chi connectivity index (χ4n) is 3.38. The van der Waals surface area contributed by atoms with E-state index >= 15 is 0 Å². The van der Waals surface area contributed by atoms with E-state index in [4.69, 9.17) is 9.47 Å². The summed E-state index contributed by atoms with van der Waals surface area (Å²) in [7, 11) is 0. The van der Waals surface area contributed by atoms with E-state index in [-0.39, 0.29) is 6.61 Å². The molecule has 0 bridgehead atoms. The minimum absolute atomic E-state index is 0.281. The van der Waals surface area contributed by atoms with Crippen molar-refractivity contribution in [1.82, 2.24) is 4.57 Å². The van der Waals surface area contributed by atoms with E-state index in [0.29, 0.717) is 21.6 Å². The summed E-state index contributed by atoms with van der Waals surface area (Å²) >= 11 is 1.32. The fraction of sp³-hybridized carbons (Fsp3) is 0.130. The van der Waals surface area contributed by atoms with Gasteiger partial charge in [-0.05, 0) is 55.6 Å². The van der Waals surface area contributed by atoms with Gasteiger partial charge in [0.15, 0.2) is 0 Å². The first-order valence-electron chi connectivity index (χ1n) is 9.23. The summed E-state index contributed by atoms with van der Waals surface area (Å²) in [6, 6.07) is 18.6. The molecule has 0 atom stereocenters. The Bertz CT molecular complexity index is 1180. The van der Waals surface area contributed by atoms with Crippen molar-refractivity contribution in [3.8, 4) is 11.4 Å². The molecule has 29 heavy (non-hydrogen) atoms. The second kappa shape index (κ2) is 7.93. The van der Waals surface area contributed by atoms with Gasteiger partial charge in [-0.3, -0.25) is 0 Å². The lowest BCUT2D eigenvalue weighted by molar-refractivity contribution is 0.0527. The topological polar surface area (TPSA) is 57.5 Å². The molecule has 0 radical (unpaired) electrons. The monoisotopic (exact) mass is 405 g/mol. The number of rotatable bonds is 5. The number of hydrogen-bond acceptors (Lipinski definition) is 5. The molecule has 4 aromatic rings. The maximum atomic E-state index is 12.7. The van der Waals surface area contributed by atoms with Crippen LogP contribution in [0.4, 0.5) is 0 Å². The zero-order valence-electron chi connectivity index (χ0n) is 16.0. The highest BCUT2D eigenvalue weighted by Crippen LogP contribution is 2.33. The first-order valence-corrected chi connectivity index (χ1v) is 10.1. The first-order chi connectivity index (χ1) is 14.1. The number of thiophene rings is 1. The third-order valence-electron chi connectivity index (χ3n) is 4.60. The van der Waals surface area contributed by atoms with Gasteiger partial charge >= 0.3 is 11.9 Å². The van der Waals surface area contributed by atoms with Crippen LogP contribution in [0.25, 0.3) is 16.6 Å². The summed E-state index contributed by atoms with van der Waals surface area (Å²) in [6.07, 6.45) is 0. The smallest absolute Gasteiger partial charge is 0.353 e. The Kier molecular flexibility index (Phi) is 5.18. The number of benzene rings is 2. The minimum Gasteiger partial charge on any atom is -0.462 e. The third kappa shape index (κ3) is 3.54. The number of ether oxygens (including phenoxy) is 2. The molecule has 0 unspecified atom stereocenters. The van der Waals surface area contributed by atoms with Gasteiger partial charge in [0.1, 0.15) is 10.6 Å². The van der Waals surface area contributed by atoms with E-state index in [9.17, 15) is 9.59 Å². The Morgan fingerprint density at radius 1 is 1.00 bits per heavy atom. The van der Waals surface area contributed by atoms with Crippen molar-refractivity contribution in [2.45, 2.75) is 13.8 Å². The molecule has 2 aromatic heterocycles. The van der Waals surface area contributed by atoms with Crippen molar-refractivity contribution >= 4 is 34.2 Å². The molecule has 2 heterocycles. The van der Waals surface area contributed by atoms with Gasteiger partial charge < -0.3 is 14.0 Å². The maximum Gasteiger partial charge on any atom is 0.353 e. The molecule has 146 valence electrons. The number of aromatic nitrogens is 1. The molecule has 6 heteroatoms. The first kappa shape index (κ1) is 19.0. The number of carbonyl (C=O) groups excluding carboxylic acids is 2. The Balaban J connectivity index is 1.85. The van der Waals surface area contributed by atoms with Gasteiger partial charge in [0, 0.05) is 16.8 Å². The molecule has 0 saturated carbocycles. The van der Waals surface area contributed by atoms with E-state index in [2.05, 4.69) is 0 Å². The number of nitrogens with zero attached hydrogens (tertiary/aromatic N) is 1. The summed E-state index contributed by atoms with van der Waals surface area (Å²) in [5.41, 5.74) is 3.02. The van der Waals surface area contributed by atoms with Gasteiger partial charge in [-0.15, -0.1) is 11.3 Å². The molecule has 0 saturated heterocycles. The average molecular weight is 405 g/mol. The highest BCUT2D eigenvalue weighted by molar-refractivity contribution is 7.12. The van der Waals surface area contributed by atoms with Crippen LogP contribution in [-0.4, -0.2) is 23.1 Å².